The Balaban J connectivity index is 2.32. The highest BCUT2D eigenvalue weighted by Crippen LogP contribution is 2.38. The molecule has 0 spiro atoms. The Hall–Kier alpha value is 0.310. The first-order valence-corrected chi connectivity index (χ1v) is 7.94. The molecule has 0 aromatic carbocycles. The summed E-state index contributed by atoms with van der Waals surface area (Å²) >= 11 is 2.04. The van der Waals surface area contributed by atoms with E-state index in [4.69, 9.17) is 0 Å². The quantitative estimate of drug-likeness (QED) is 0.785. The second-order valence-corrected chi connectivity index (χ2v) is 7.54. The van der Waals surface area contributed by atoms with Gasteiger partial charge in [-0.25, -0.2) is 0 Å². The summed E-state index contributed by atoms with van der Waals surface area (Å²) < 4.78 is 0. The lowest BCUT2D eigenvalue weighted by molar-refractivity contribution is 0.144. The summed E-state index contributed by atoms with van der Waals surface area (Å²) in [6.45, 7) is 11.8. The van der Waals surface area contributed by atoms with Crippen LogP contribution in [0, 0.1) is 11.3 Å². The van der Waals surface area contributed by atoms with Gasteiger partial charge in [-0.2, -0.15) is 11.8 Å². The number of hydrogen-bond donors (Lipinski definition) is 1. The predicted molar refractivity (Wildman–Crippen MR) is 76.2 cm³/mol. The van der Waals surface area contributed by atoms with Crippen molar-refractivity contribution >= 4 is 11.8 Å². The minimum atomic E-state index is 0.568. The van der Waals surface area contributed by atoms with E-state index in [0.717, 1.165) is 12.0 Å². The largest absolute Gasteiger partial charge is 0.310 e. The Morgan fingerprint density at radius 1 is 1.44 bits per heavy atom. The number of rotatable bonds is 5. The van der Waals surface area contributed by atoms with Gasteiger partial charge in [0.25, 0.3) is 0 Å². The van der Waals surface area contributed by atoms with Gasteiger partial charge in [0, 0.05) is 17.8 Å². The molecule has 16 heavy (non-hydrogen) atoms. The monoisotopic (exact) mass is 243 g/mol. The maximum absolute atomic E-state index is 3.82. The Labute approximate surface area is 106 Å². The smallest absolute Gasteiger partial charge is 0.0132 e. The summed E-state index contributed by atoms with van der Waals surface area (Å²) in [5.41, 5.74) is 0.568. The van der Waals surface area contributed by atoms with E-state index < -0.39 is 0 Å². The first-order valence-electron chi connectivity index (χ1n) is 6.78. The number of thioether (sulfide) groups is 1. The van der Waals surface area contributed by atoms with Crippen LogP contribution in [-0.4, -0.2) is 23.6 Å². The van der Waals surface area contributed by atoms with Crippen LogP contribution in [0.5, 0.6) is 0 Å². The molecule has 3 atom stereocenters. The third kappa shape index (κ3) is 4.67. The van der Waals surface area contributed by atoms with E-state index >= 15 is 0 Å². The van der Waals surface area contributed by atoms with Crippen molar-refractivity contribution in [2.45, 2.75) is 66.0 Å². The lowest BCUT2D eigenvalue weighted by Gasteiger charge is -2.40. The molecule has 1 fully saturated rings. The molecule has 0 aromatic heterocycles. The van der Waals surface area contributed by atoms with Crippen LogP contribution in [0.4, 0.5) is 0 Å². The van der Waals surface area contributed by atoms with Crippen molar-refractivity contribution in [3.8, 4) is 0 Å². The minimum absolute atomic E-state index is 0.568. The highest BCUT2D eigenvalue weighted by atomic mass is 32.2. The molecule has 0 bridgehead atoms. The van der Waals surface area contributed by atoms with E-state index in [2.05, 4.69) is 39.9 Å². The summed E-state index contributed by atoms with van der Waals surface area (Å²) in [6, 6.07) is 1.42. The van der Waals surface area contributed by atoms with Crippen molar-refractivity contribution in [1.82, 2.24) is 5.32 Å². The van der Waals surface area contributed by atoms with Crippen molar-refractivity contribution < 1.29 is 0 Å². The zero-order valence-electron chi connectivity index (χ0n) is 11.7. The van der Waals surface area contributed by atoms with Gasteiger partial charge in [-0.1, -0.05) is 27.7 Å². The molecule has 0 radical (unpaired) electrons. The van der Waals surface area contributed by atoms with Crippen LogP contribution in [0.3, 0.4) is 0 Å². The van der Waals surface area contributed by atoms with Gasteiger partial charge in [0.2, 0.25) is 0 Å². The molecular weight excluding hydrogens is 214 g/mol. The molecule has 1 aliphatic rings. The van der Waals surface area contributed by atoms with E-state index in [-0.39, 0.29) is 0 Å². The van der Waals surface area contributed by atoms with Crippen LogP contribution in [0.2, 0.25) is 0 Å². The van der Waals surface area contributed by atoms with E-state index in [9.17, 15) is 0 Å². The van der Waals surface area contributed by atoms with Gasteiger partial charge in [-0.15, -0.1) is 0 Å². The molecule has 3 unspecified atom stereocenters. The van der Waals surface area contributed by atoms with Crippen LogP contribution in [0.1, 0.15) is 53.9 Å². The molecule has 96 valence electrons. The zero-order valence-corrected chi connectivity index (χ0v) is 12.5. The van der Waals surface area contributed by atoms with Crippen LogP contribution in [-0.2, 0) is 0 Å². The standard InChI is InChI=1S/C14H29NS/c1-6-16-10-12(3)15-13-7-8-14(4,5)9-11(13)2/h11-13,15H,6-10H2,1-5H3. The Morgan fingerprint density at radius 2 is 2.12 bits per heavy atom. The SMILES string of the molecule is CCSCC(C)NC1CCC(C)(C)CC1C. The first-order chi connectivity index (χ1) is 7.44. The number of nitrogens with one attached hydrogen (secondary N) is 1. The highest BCUT2D eigenvalue weighted by molar-refractivity contribution is 7.99. The fourth-order valence-electron chi connectivity index (χ4n) is 2.90. The van der Waals surface area contributed by atoms with Gasteiger partial charge in [0.05, 0.1) is 0 Å². The summed E-state index contributed by atoms with van der Waals surface area (Å²) in [5.74, 6) is 3.32. The van der Waals surface area contributed by atoms with Crippen molar-refractivity contribution in [1.29, 1.82) is 0 Å². The predicted octanol–water partition coefficient (Wildman–Crippen LogP) is 3.93. The molecule has 1 saturated carbocycles. The van der Waals surface area contributed by atoms with E-state index in [1.54, 1.807) is 0 Å². The maximum Gasteiger partial charge on any atom is 0.0132 e. The molecule has 1 rings (SSSR count). The maximum atomic E-state index is 3.82. The van der Waals surface area contributed by atoms with Crippen LogP contribution >= 0.6 is 11.8 Å². The van der Waals surface area contributed by atoms with Gasteiger partial charge in [-0.3, -0.25) is 0 Å². The lowest BCUT2D eigenvalue weighted by Crippen LogP contribution is -2.46. The van der Waals surface area contributed by atoms with Gasteiger partial charge < -0.3 is 5.32 Å². The average molecular weight is 243 g/mol. The van der Waals surface area contributed by atoms with Gasteiger partial charge in [0.1, 0.15) is 0 Å². The average Bonchev–Trinajstić information content (AvgIpc) is 2.18. The molecule has 1 nitrogen and oxygen atoms in total. The molecular formula is C14H29NS. The topological polar surface area (TPSA) is 12.0 Å². The summed E-state index contributed by atoms with van der Waals surface area (Å²) in [7, 11) is 0. The molecule has 0 amide bonds. The van der Waals surface area contributed by atoms with Crippen molar-refractivity contribution in [2.75, 3.05) is 11.5 Å². The molecule has 0 heterocycles. The fourth-order valence-corrected chi connectivity index (χ4v) is 3.59. The zero-order chi connectivity index (χ0) is 12.2. The molecule has 1 N–H and O–H groups in total. The second-order valence-electron chi connectivity index (χ2n) is 6.22. The van der Waals surface area contributed by atoms with Crippen molar-refractivity contribution in [3.05, 3.63) is 0 Å². The first kappa shape index (κ1) is 14.4. The highest BCUT2D eigenvalue weighted by Gasteiger charge is 2.32. The van der Waals surface area contributed by atoms with E-state index in [1.807, 2.05) is 11.8 Å². The summed E-state index contributed by atoms with van der Waals surface area (Å²) in [6.07, 6.45) is 4.11. The third-order valence-electron chi connectivity index (χ3n) is 3.76. The van der Waals surface area contributed by atoms with Crippen LogP contribution in [0.15, 0.2) is 0 Å². The fraction of sp³-hybridized carbons (Fsp3) is 1.00. The molecule has 0 aliphatic heterocycles. The Kier molecular flexibility index (Phi) is 5.66. The molecule has 0 saturated heterocycles. The normalized spacial score (nSPS) is 31.3. The van der Waals surface area contributed by atoms with Gasteiger partial charge in [0.15, 0.2) is 0 Å². The minimum Gasteiger partial charge on any atom is -0.310 e. The lowest BCUT2D eigenvalue weighted by atomic mass is 9.70. The van der Waals surface area contributed by atoms with E-state index in [0.29, 0.717) is 11.5 Å². The van der Waals surface area contributed by atoms with Crippen LogP contribution < -0.4 is 5.32 Å². The summed E-state index contributed by atoms with van der Waals surface area (Å²) in [5, 5.41) is 3.82. The van der Waals surface area contributed by atoms with Crippen molar-refractivity contribution in [3.63, 3.8) is 0 Å². The Bertz CT molecular complexity index is 203. The molecule has 1 aliphatic carbocycles. The van der Waals surface area contributed by atoms with Gasteiger partial charge >= 0.3 is 0 Å². The summed E-state index contributed by atoms with van der Waals surface area (Å²) in [4.78, 5) is 0. The second kappa shape index (κ2) is 6.30. The number of hydrogen-bond acceptors (Lipinski definition) is 2. The van der Waals surface area contributed by atoms with Gasteiger partial charge in [-0.05, 0) is 43.3 Å². The third-order valence-corrected chi connectivity index (χ3v) is 4.91. The Morgan fingerprint density at radius 3 is 2.69 bits per heavy atom. The molecule has 2 heteroatoms. The van der Waals surface area contributed by atoms with Crippen LogP contribution in [0.25, 0.3) is 0 Å². The van der Waals surface area contributed by atoms with Crippen molar-refractivity contribution in [2.24, 2.45) is 11.3 Å². The van der Waals surface area contributed by atoms with E-state index in [1.165, 1.54) is 30.8 Å². The molecule has 0 aromatic rings.